The summed E-state index contributed by atoms with van der Waals surface area (Å²) in [6.07, 6.45) is 2.04. The third kappa shape index (κ3) is 1.91. The summed E-state index contributed by atoms with van der Waals surface area (Å²) in [4.78, 5) is 0. The summed E-state index contributed by atoms with van der Waals surface area (Å²) in [5.41, 5.74) is 6.12. The van der Waals surface area contributed by atoms with Gasteiger partial charge in [0.1, 0.15) is 11.6 Å². The van der Waals surface area contributed by atoms with Gasteiger partial charge in [0, 0.05) is 11.6 Å². The Balaban J connectivity index is 2.36. The molecule has 1 aromatic rings. The predicted octanol–water partition coefficient (Wildman–Crippen LogP) is 2.98. The van der Waals surface area contributed by atoms with Crippen molar-refractivity contribution in [2.45, 2.75) is 18.9 Å². The second-order valence-corrected chi connectivity index (χ2v) is 4.81. The van der Waals surface area contributed by atoms with E-state index < -0.39 is 11.6 Å². The van der Waals surface area contributed by atoms with E-state index in [2.05, 4.69) is 0 Å². The molecule has 1 atom stereocenters. The van der Waals surface area contributed by atoms with E-state index in [9.17, 15) is 8.78 Å². The molecular formula is C10H10F2IN. The van der Waals surface area contributed by atoms with Crippen molar-refractivity contribution in [3.8, 4) is 0 Å². The van der Waals surface area contributed by atoms with Crippen molar-refractivity contribution in [1.29, 1.82) is 0 Å². The average molecular weight is 309 g/mol. The van der Waals surface area contributed by atoms with Crippen molar-refractivity contribution < 1.29 is 8.78 Å². The lowest BCUT2D eigenvalue weighted by atomic mass is 10.0. The van der Waals surface area contributed by atoms with Gasteiger partial charge in [-0.25, -0.2) is 8.78 Å². The Bertz CT molecular complexity index is 363. The minimum atomic E-state index is -0.393. The van der Waals surface area contributed by atoms with Crippen LogP contribution in [-0.2, 0) is 0 Å². The lowest BCUT2D eigenvalue weighted by Crippen LogP contribution is -2.14. The van der Waals surface area contributed by atoms with Crippen LogP contribution in [0.3, 0.4) is 0 Å². The normalized spacial score (nSPS) is 18.3. The Labute approximate surface area is 94.8 Å². The van der Waals surface area contributed by atoms with E-state index in [1.807, 2.05) is 0 Å². The van der Waals surface area contributed by atoms with Crippen LogP contribution in [-0.4, -0.2) is 0 Å². The van der Waals surface area contributed by atoms with Crippen molar-refractivity contribution in [1.82, 2.24) is 0 Å². The smallest absolute Gasteiger partial charge is 0.137 e. The standard InChI is InChI=1S/C10H10F2IN/c11-7-4-9(13)8(12)3-6(7)10(14)5-1-2-5/h3-5,10H,1-2,14H2/t10-/m1/s1. The van der Waals surface area contributed by atoms with Crippen molar-refractivity contribution in [2.75, 3.05) is 0 Å². The number of halogens is 3. The molecule has 0 heterocycles. The maximum Gasteiger partial charge on any atom is 0.137 e. The molecule has 1 fully saturated rings. The van der Waals surface area contributed by atoms with E-state index in [1.54, 1.807) is 22.6 Å². The summed E-state index contributed by atoms with van der Waals surface area (Å²) in [6.45, 7) is 0. The van der Waals surface area contributed by atoms with Crippen LogP contribution < -0.4 is 5.73 Å². The summed E-state index contributed by atoms with van der Waals surface area (Å²) < 4.78 is 26.9. The summed E-state index contributed by atoms with van der Waals surface area (Å²) in [5.74, 6) is -0.447. The quantitative estimate of drug-likeness (QED) is 0.660. The van der Waals surface area contributed by atoms with Crippen LogP contribution in [0, 0.1) is 21.1 Å². The van der Waals surface area contributed by atoms with Crippen molar-refractivity contribution >= 4 is 22.6 Å². The van der Waals surface area contributed by atoms with Gasteiger partial charge in [-0.1, -0.05) is 0 Å². The van der Waals surface area contributed by atoms with E-state index in [0.29, 0.717) is 15.1 Å². The van der Waals surface area contributed by atoms with Crippen LogP contribution in [0.15, 0.2) is 12.1 Å². The fourth-order valence-electron chi connectivity index (χ4n) is 1.50. The summed E-state index contributed by atoms with van der Waals surface area (Å²) in [7, 11) is 0. The van der Waals surface area contributed by atoms with E-state index in [0.717, 1.165) is 12.8 Å². The second kappa shape index (κ2) is 3.73. The first-order chi connectivity index (χ1) is 6.59. The molecule has 0 aliphatic heterocycles. The SMILES string of the molecule is N[C@@H](c1cc(F)c(I)cc1F)C1CC1. The van der Waals surface area contributed by atoms with Gasteiger partial charge in [0.2, 0.25) is 0 Å². The van der Waals surface area contributed by atoms with E-state index >= 15 is 0 Å². The first kappa shape index (κ1) is 10.3. The zero-order chi connectivity index (χ0) is 10.3. The van der Waals surface area contributed by atoms with E-state index in [-0.39, 0.29) is 6.04 Å². The minimum Gasteiger partial charge on any atom is -0.324 e. The van der Waals surface area contributed by atoms with Gasteiger partial charge < -0.3 is 5.73 Å². The van der Waals surface area contributed by atoms with Gasteiger partial charge in [0.25, 0.3) is 0 Å². The van der Waals surface area contributed by atoms with Crippen LogP contribution in [0.25, 0.3) is 0 Å². The maximum atomic E-state index is 13.4. The highest BCUT2D eigenvalue weighted by Crippen LogP contribution is 2.40. The lowest BCUT2D eigenvalue weighted by molar-refractivity contribution is 0.536. The zero-order valence-corrected chi connectivity index (χ0v) is 9.59. The Morgan fingerprint density at radius 3 is 2.50 bits per heavy atom. The molecule has 1 nitrogen and oxygen atoms in total. The monoisotopic (exact) mass is 309 g/mol. The first-order valence-corrected chi connectivity index (χ1v) is 5.57. The Morgan fingerprint density at radius 2 is 1.93 bits per heavy atom. The molecule has 14 heavy (non-hydrogen) atoms. The molecule has 2 rings (SSSR count). The number of hydrogen-bond acceptors (Lipinski definition) is 1. The highest BCUT2D eigenvalue weighted by molar-refractivity contribution is 14.1. The zero-order valence-electron chi connectivity index (χ0n) is 7.43. The number of nitrogens with two attached hydrogens (primary N) is 1. The topological polar surface area (TPSA) is 26.0 Å². The number of benzene rings is 1. The van der Waals surface area contributed by atoms with Gasteiger partial charge in [0.05, 0.1) is 3.57 Å². The molecule has 0 aromatic heterocycles. The lowest BCUT2D eigenvalue weighted by Gasteiger charge is -2.12. The van der Waals surface area contributed by atoms with E-state index in [1.165, 1.54) is 12.1 Å². The van der Waals surface area contributed by atoms with Gasteiger partial charge >= 0.3 is 0 Å². The van der Waals surface area contributed by atoms with Crippen LogP contribution >= 0.6 is 22.6 Å². The predicted molar refractivity (Wildman–Crippen MR) is 58.7 cm³/mol. The van der Waals surface area contributed by atoms with Crippen molar-refractivity contribution in [2.24, 2.45) is 11.7 Å². The molecule has 1 aliphatic rings. The largest absolute Gasteiger partial charge is 0.324 e. The molecule has 0 bridgehead atoms. The fraction of sp³-hybridized carbons (Fsp3) is 0.400. The van der Waals surface area contributed by atoms with Gasteiger partial charge in [0.15, 0.2) is 0 Å². The maximum absolute atomic E-state index is 13.4. The second-order valence-electron chi connectivity index (χ2n) is 3.65. The minimum absolute atomic E-state index is 0.298. The fourth-order valence-corrected chi connectivity index (χ4v) is 1.93. The van der Waals surface area contributed by atoms with Crippen LogP contribution in [0.1, 0.15) is 24.4 Å². The molecule has 1 aliphatic carbocycles. The summed E-state index contributed by atoms with van der Waals surface area (Å²) in [6, 6.07) is 2.08. The van der Waals surface area contributed by atoms with Gasteiger partial charge in [-0.05, 0) is 53.5 Å². The molecule has 0 saturated heterocycles. The van der Waals surface area contributed by atoms with Crippen LogP contribution in [0.2, 0.25) is 0 Å². The molecule has 4 heteroatoms. The molecule has 1 saturated carbocycles. The molecule has 0 amide bonds. The molecule has 2 N–H and O–H groups in total. The van der Waals surface area contributed by atoms with Gasteiger partial charge in [-0.2, -0.15) is 0 Å². The third-order valence-electron chi connectivity index (χ3n) is 2.53. The van der Waals surface area contributed by atoms with Crippen molar-refractivity contribution in [3.05, 3.63) is 32.9 Å². The highest BCUT2D eigenvalue weighted by atomic mass is 127. The Hall–Kier alpha value is -0.230. The molecule has 1 aromatic carbocycles. The highest BCUT2D eigenvalue weighted by Gasteiger charge is 2.31. The molecule has 0 spiro atoms. The summed E-state index contributed by atoms with van der Waals surface area (Å²) >= 11 is 1.77. The van der Waals surface area contributed by atoms with Gasteiger partial charge in [-0.3, -0.25) is 0 Å². The molecule has 76 valence electrons. The summed E-state index contributed by atoms with van der Waals surface area (Å²) in [5, 5.41) is 0. The number of hydrogen-bond donors (Lipinski definition) is 1. The average Bonchev–Trinajstić information content (AvgIpc) is 2.93. The van der Waals surface area contributed by atoms with E-state index in [4.69, 9.17) is 5.73 Å². The third-order valence-corrected chi connectivity index (χ3v) is 3.36. The van der Waals surface area contributed by atoms with Gasteiger partial charge in [-0.15, -0.1) is 0 Å². The first-order valence-electron chi connectivity index (χ1n) is 4.49. The Morgan fingerprint density at radius 1 is 1.29 bits per heavy atom. The molecular weight excluding hydrogens is 299 g/mol. The number of rotatable bonds is 2. The Kier molecular flexibility index (Phi) is 2.74. The van der Waals surface area contributed by atoms with Crippen LogP contribution in [0.4, 0.5) is 8.78 Å². The molecule has 0 unspecified atom stereocenters. The molecule has 0 radical (unpaired) electrons. The van der Waals surface area contributed by atoms with Crippen LogP contribution in [0.5, 0.6) is 0 Å². The van der Waals surface area contributed by atoms with Crippen molar-refractivity contribution in [3.63, 3.8) is 0 Å².